The minimum absolute atomic E-state index is 0.0301. The van der Waals surface area contributed by atoms with E-state index < -0.39 is 28.9 Å². The Hall–Kier alpha value is -4.07. The van der Waals surface area contributed by atoms with Crippen molar-refractivity contribution in [2.24, 2.45) is 0 Å². The Balaban J connectivity index is 1.42. The molecule has 0 radical (unpaired) electrons. The van der Waals surface area contributed by atoms with E-state index in [0.717, 1.165) is 22.4 Å². The monoisotopic (exact) mass is 474 g/mol. The van der Waals surface area contributed by atoms with Gasteiger partial charge < -0.3 is 4.90 Å². The van der Waals surface area contributed by atoms with Gasteiger partial charge in [-0.15, -0.1) is 0 Å². The highest BCUT2D eigenvalue weighted by Gasteiger charge is 2.29. The first-order valence-corrected chi connectivity index (χ1v) is 11.3. The molecule has 3 heterocycles. The number of carbonyl (C=O) groups is 1. The molecule has 35 heavy (non-hydrogen) atoms. The van der Waals surface area contributed by atoms with Gasteiger partial charge in [0.2, 0.25) is 0 Å². The molecule has 1 fully saturated rings. The number of benzene rings is 2. The van der Waals surface area contributed by atoms with Crippen LogP contribution >= 0.6 is 0 Å². The van der Waals surface area contributed by atoms with E-state index in [-0.39, 0.29) is 5.92 Å². The van der Waals surface area contributed by atoms with Gasteiger partial charge in [-0.3, -0.25) is 9.78 Å². The molecule has 1 aliphatic rings. The standard InChI is InChI=1S/C27H21F3N4O/c28-22-14-24(30)23(29)13-20(22)27(35)34-11-8-18(9-12-34)25-21(17-5-2-1-3-6-17)16-32-26(33-25)19-7-4-10-31-15-19/h1-7,10,13-16,18H,8-9,11-12H2. The Morgan fingerprint density at radius 2 is 1.57 bits per heavy atom. The van der Waals surface area contributed by atoms with Crippen molar-refractivity contribution in [3.63, 3.8) is 0 Å². The second kappa shape index (κ2) is 9.66. The maximum atomic E-state index is 14.1. The fraction of sp³-hybridized carbons (Fsp3) is 0.185. The van der Waals surface area contributed by atoms with Crippen LogP contribution in [0.3, 0.4) is 0 Å². The van der Waals surface area contributed by atoms with Crippen molar-refractivity contribution in [1.82, 2.24) is 19.9 Å². The summed E-state index contributed by atoms with van der Waals surface area (Å²) in [6.45, 7) is 0.671. The molecule has 0 atom stereocenters. The quantitative estimate of drug-likeness (QED) is 0.359. The zero-order chi connectivity index (χ0) is 24.4. The van der Waals surface area contributed by atoms with Crippen LogP contribution in [-0.4, -0.2) is 38.8 Å². The first-order chi connectivity index (χ1) is 17.0. The van der Waals surface area contributed by atoms with Gasteiger partial charge >= 0.3 is 0 Å². The van der Waals surface area contributed by atoms with Gasteiger partial charge in [0.25, 0.3) is 5.91 Å². The van der Waals surface area contributed by atoms with Gasteiger partial charge in [-0.2, -0.15) is 0 Å². The number of hydrogen-bond acceptors (Lipinski definition) is 4. The fourth-order valence-electron chi connectivity index (χ4n) is 4.39. The lowest BCUT2D eigenvalue weighted by Crippen LogP contribution is -2.38. The van der Waals surface area contributed by atoms with Crippen LogP contribution in [0.25, 0.3) is 22.5 Å². The molecule has 0 bridgehead atoms. The molecule has 2 aromatic carbocycles. The summed E-state index contributed by atoms with van der Waals surface area (Å²) in [6, 6.07) is 14.6. The van der Waals surface area contributed by atoms with Crippen LogP contribution in [0, 0.1) is 17.5 Å². The predicted octanol–water partition coefficient (Wildman–Crippen LogP) is 5.64. The number of hydrogen-bond donors (Lipinski definition) is 0. The Morgan fingerprint density at radius 3 is 2.29 bits per heavy atom. The van der Waals surface area contributed by atoms with Crippen molar-refractivity contribution in [2.45, 2.75) is 18.8 Å². The largest absolute Gasteiger partial charge is 0.339 e. The van der Waals surface area contributed by atoms with Crippen molar-refractivity contribution in [2.75, 3.05) is 13.1 Å². The molecule has 1 aliphatic heterocycles. The van der Waals surface area contributed by atoms with Crippen molar-refractivity contribution in [1.29, 1.82) is 0 Å². The number of rotatable bonds is 4. The van der Waals surface area contributed by atoms with Crippen LogP contribution in [0.15, 0.2) is 73.2 Å². The van der Waals surface area contributed by atoms with E-state index >= 15 is 0 Å². The van der Waals surface area contributed by atoms with E-state index in [4.69, 9.17) is 4.98 Å². The van der Waals surface area contributed by atoms with Gasteiger partial charge in [0.1, 0.15) is 5.82 Å². The summed E-state index contributed by atoms with van der Waals surface area (Å²) in [6.07, 6.45) is 6.37. The van der Waals surface area contributed by atoms with Gasteiger partial charge in [-0.05, 0) is 36.6 Å². The predicted molar refractivity (Wildman–Crippen MR) is 125 cm³/mol. The zero-order valence-electron chi connectivity index (χ0n) is 18.7. The summed E-state index contributed by atoms with van der Waals surface area (Å²) < 4.78 is 41.1. The molecular weight excluding hydrogens is 453 g/mol. The Labute approximate surface area is 200 Å². The Kier molecular flexibility index (Phi) is 6.27. The minimum atomic E-state index is -1.32. The fourth-order valence-corrected chi connectivity index (χ4v) is 4.39. The Morgan fingerprint density at radius 1 is 0.857 bits per heavy atom. The van der Waals surface area contributed by atoms with Crippen molar-refractivity contribution >= 4 is 5.91 Å². The third kappa shape index (κ3) is 4.64. The van der Waals surface area contributed by atoms with E-state index in [2.05, 4.69) is 9.97 Å². The Bertz CT molecular complexity index is 1360. The summed E-state index contributed by atoms with van der Waals surface area (Å²) >= 11 is 0. The van der Waals surface area contributed by atoms with Gasteiger partial charge in [-0.25, -0.2) is 23.1 Å². The van der Waals surface area contributed by atoms with E-state index in [1.807, 2.05) is 48.7 Å². The van der Waals surface area contributed by atoms with E-state index in [1.54, 1.807) is 12.4 Å². The molecule has 0 spiro atoms. The molecule has 4 aromatic rings. The molecule has 176 valence electrons. The lowest BCUT2D eigenvalue weighted by Gasteiger charge is -2.32. The van der Waals surface area contributed by atoms with Crippen LogP contribution in [0.4, 0.5) is 13.2 Å². The SMILES string of the molecule is O=C(c1cc(F)c(F)cc1F)N1CCC(c2nc(-c3cccnc3)ncc2-c2ccccc2)CC1. The zero-order valence-corrected chi connectivity index (χ0v) is 18.7. The number of carbonyl (C=O) groups excluding carboxylic acids is 1. The molecule has 1 saturated heterocycles. The third-order valence-electron chi connectivity index (χ3n) is 6.23. The summed E-state index contributed by atoms with van der Waals surface area (Å²) in [5.41, 5.74) is 3.11. The highest BCUT2D eigenvalue weighted by Crippen LogP contribution is 2.35. The summed E-state index contributed by atoms with van der Waals surface area (Å²) in [7, 11) is 0. The summed E-state index contributed by atoms with van der Waals surface area (Å²) in [5.74, 6) is -3.70. The molecule has 0 unspecified atom stereocenters. The van der Waals surface area contributed by atoms with Crippen LogP contribution in [0.2, 0.25) is 0 Å². The van der Waals surface area contributed by atoms with Crippen molar-refractivity contribution < 1.29 is 18.0 Å². The van der Waals surface area contributed by atoms with Gasteiger partial charge in [0.15, 0.2) is 17.5 Å². The van der Waals surface area contributed by atoms with E-state index in [1.165, 1.54) is 4.90 Å². The molecular formula is C27H21F3N4O. The average Bonchev–Trinajstić information content (AvgIpc) is 2.91. The van der Waals surface area contributed by atoms with E-state index in [9.17, 15) is 18.0 Å². The molecule has 2 aromatic heterocycles. The number of halogens is 3. The first kappa shape index (κ1) is 22.7. The highest BCUT2D eigenvalue weighted by atomic mass is 19.2. The van der Waals surface area contributed by atoms with E-state index in [0.29, 0.717) is 43.9 Å². The lowest BCUT2D eigenvalue weighted by molar-refractivity contribution is 0.0706. The number of likely N-dealkylation sites (tertiary alicyclic amines) is 1. The van der Waals surface area contributed by atoms with Gasteiger partial charge in [0, 0.05) is 54.8 Å². The van der Waals surface area contributed by atoms with Crippen LogP contribution in [0.1, 0.15) is 34.8 Å². The maximum Gasteiger partial charge on any atom is 0.256 e. The lowest BCUT2D eigenvalue weighted by atomic mass is 9.88. The van der Waals surface area contributed by atoms with Crippen LogP contribution in [-0.2, 0) is 0 Å². The maximum absolute atomic E-state index is 14.1. The summed E-state index contributed by atoms with van der Waals surface area (Å²) in [5, 5.41) is 0. The third-order valence-corrected chi connectivity index (χ3v) is 6.23. The number of aromatic nitrogens is 3. The number of piperidine rings is 1. The molecule has 8 heteroatoms. The second-order valence-corrected chi connectivity index (χ2v) is 8.41. The molecule has 1 amide bonds. The molecule has 0 N–H and O–H groups in total. The average molecular weight is 474 g/mol. The van der Waals surface area contributed by atoms with Gasteiger partial charge in [-0.1, -0.05) is 30.3 Å². The second-order valence-electron chi connectivity index (χ2n) is 8.41. The van der Waals surface area contributed by atoms with Crippen LogP contribution in [0.5, 0.6) is 0 Å². The molecule has 5 rings (SSSR count). The van der Waals surface area contributed by atoms with Crippen molar-refractivity contribution in [3.05, 3.63) is 102 Å². The highest BCUT2D eigenvalue weighted by molar-refractivity contribution is 5.94. The van der Waals surface area contributed by atoms with Crippen molar-refractivity contribution in [3.8, 4) is 22.5 Å². The number of nitrogens with zero attached hydrogens (tertiary/aromatic N) is 4. The molecule has 0 aliphatic carbocycles. The summed E-state index contributed by atoms with van der Waals surface area (Å²) in [4.78, 5) is 27.9. The first-order valence-electron chi connectivity index (χ1n) is 11.3. The number of pyridine rings is 1. The van der Waals surface area contributed by atoms with Crippen LogP contribution < -0.4 is 0 Å². The normalized spacial score (nSPS) is 14.2. The minimum Gasteiger partial charge on any atom is -0.339 e. The smallest absolute Gasteiger partial charge is 0.256 e. The molecule has 5 nitrogen and oxygen atoms in total. The topological polar surface area (TPSA) is 59.0 Å². The number of amides is 1. The van der Waals surface area contributed by atoms with Gasteiger partial charge in [0.05, 0.1) is 11.3 Å². The molecule has 0 saturated carbocycles.